The summed E-state index contributed by atoms with van der Waals surface area (Å²) in [4.78, 5) is 0. The third-order valence-corrected chi connectivity index (χ3v) is 7.32. The molecule has 0 amide bonds. The molecule has 56 valence electrons. The maximum absolute atomic E-state index is 5.68. The van der Waals surface area contributed by atoms with E-state index in [1.807, 2.05) is 7.05 Å². The molecule has 0 aliphatic heterocycles. The Morgan fingerprint density at radius 1 is 1.33 bits per heavy atom. The fourth-order valence-electron chi connectivity index (χ4n) is 0.466. The summed E-state index contributed by atoms with van der Waals surface area (Å²) in [6.07, 6.45) is 0.989. The zero-order chi connectivity index (χ0) is 7.33. The van der Waals surface area contributed by atoms with E-state index in [-0.39, 0.29) is 0 Å². The average molecular weight is 297 g/mol. The van der Waals surface area contributed by atoms with E-state index < -0.39 is 15.0 Å². The van der Waals surface area contributed by atoms with Crippen LogP contribution in [0.3, 0.4) is 0 Å². The third kappa shape index (κ3) is 9.63. The van der Waals surface area contributed by atoms with E-state index in [2.05, 4.69) is 5.32 Å². The molecule has 0 aliphatic rings. The molecule has 0 atom stereocenters. The Morgan fingerprint density at radius 3 is 2.22 bits per heavy atom. The number of halogens is 3. The molecule has 1 N–H and O–H groups in total. The second-order valence-corrected chi connectivity index (χ2v) is 23.6. The van der Waals surface area contributed by atoms with E-state index >= 15 is 0 Å². The van der Waals surface area contributed by atoms with Crippen molar-refractivity contribution in [3.63, 3.8) is 0 Å². The molecule has 0 heterocycles. The Labute approximate surface area is 71.1 Å². The quantitative estimate of drug-likeness (QED) is 0.620. The van der Waals surface area contributed by atoms with Crippen LogP contribution in [-0.2, 0) is 0 Å². The van der Waals surface area contributed by atoms with Gasteiger partial charge in [0.2, 0.25) is 0 Å². The first-order valence-electron chi connectivity index (χ1n) is 2.77. The van der Waals surface area contributed by atoms with Gasteiger partial charge < -0.3 is 0 Å². The van der Waals surface area contributed by atoms with E-state index in [0.717, 1.165) is 17.4 Å². The molecular formula is C4H10Cl3NSn. The molecule has 0 radical (unpaired) electrons. The van der Waals surface area contributed by atoms with Crippen molar-refractivity contribution in [2.75, 3.05) is 13.6 Å². The SMILES string of the molecule is CNCC[CH2][Sn]([Cl])([Cl])[Cl]. The van der Waals surface area contributed by atoms with E-state index in [0.29, 0.717) is 0 Å². The normalized spacial score (nSPS) is 12.0. The van der Waals surface area contributed by atoms with Gasteiger partial charge in [-0.2, -0.15) is 0 Å². The summed E-state index contributed by atoms with van der Waals surface area (Å²) >= 11 is -2.96. The van der Waals surface area contributed by atoms with Crippen molar-refractivity contribution in [2.45, 2.75) is 10.9 Å². The van der Waals surface area contributed by atoms with Gasteiger partial charge in [-0.25, -0.2) is 0 Å². The Balaban J connectivity index is 3.07. The Hall–Kier alpha value is 1.63. The second kappa shape index (κ2) is 5.30. The minimum absolute atomic E-state index is 0.820. The summed E-state index contributed by atoms with van der Waals surface area (Å²) in [5, 5.41) is 3.00. The van der Waals surface area contributed by atoms with Gasteiger partial charge in [-0.05, 0) is 0 Å². The van der Waals surface area contributed by atoms with Crippen molar-refractivity contribution < 1.29 is 0 Å². The molecule has 0 aliphatic carbocycles. The summed E-state index contributed by atoms with van der Waals surface area (Å²) in [5.41, 5.74) is 0. The number of hydrogen-bond acceptors (Lipinski definition) is 1. The van der Waals surface area contributed by atoms with Crippen molar-refractivity contribution in [3.8, 4) is 0 Å². The van der Waals surface area contributed by atoms with E-state index in [1.165, 1.54) is 0 Å². The van der Waals surface area contributed by atoms with Crippen LogP contribution < -0.4 is 5.32 Å². The van der Waals surface area contributed by atoms with Gasteiger partial charge in [0.1, 0.15) is 0 Å². The van der Waals surface area contributed by atoms with Crippen LogP contribution in [0.5, 0.6) is 0 Å². The number of hydrogen-bond donors (Lipinski definition) is 1. The van der Waals surface area contributed by atoms with Crippen molar-refractivity contribution in [1.29, 1.82) is 0 Å². The first-order chi connectivity index (χ1) is 4.06. The first kappa shape index (κ1) is 10.6. The molecule has 0 aromatic rings. The standard InChI is InChI=1S/C4H10N.3ClH.Sn/c1-3-4-5-2;;;;/h5H,1,3-4H2,2H3;3*1H;/q;;;;+3/p-3. The van der Waals surface area contributed by atoms with E-state index in [9.17, 15) is 0 Å². The second-order valence-electron chi connectivity index (χ2n) is 1.82. The maximum atomic E-state index is 5.68. The van der Waals surface area contributed by atoms with Crippen molar-refractivity contribution in [1.82, 2.24) is 5.32 Å². The van der Waals surface area contributed by atoms with Crippen molar-refractivity contribution in [2.24, 2.45) is 0 Å². The average Bonchev–Trinajstić information content (AvgIpc) is 1.63. The van der Waals surface area contributed by atoms with Crippen molar-refractivity contribution in [3.05, 3.63) is 0 Å². The van der Waals surface area contributed by atoms with E-state index in [4.69, 9.17) is 26.8 Å². The van der Waals surface area contributed by atoms with Crippen LogP contribution in [0.2, 0.25) is 4.44 Å². The molecular weight excluding hydrogens is 287 g/mol. The monoisotopic (exact) mass is 297 g/mol. The van der Waals surface area contributed by atoms with Crippen LogP contribution in [0.25, 0.3) is 0 Å². The molecule has 0 rings (SSSR count). The summed E-state index contributed by atoms with van der Waals surface area (Å²) in [7, 11) is 18.9. The van der Waals surface area contributed by atoms with Gasteiger partial charge in [-0.15, -0.1) is 0 Å². The molecule has 5 heteroatoms. The molecule has 0 bridgehead atoms. The third-order valence-electron chi connectivity index (χ3n) is 0.887. The number of nitrogens with one attached hydrogen (secondary N) is 1. The van der Waals surface area contributed by atoms with Crippen LogP contribution >= 0.6 is 26.8 Å². The molecule has 9 heavy (non-hydrogen) atoms. The molecule has 0 saturated heterocycles. The van der Waals surface area contributed by atoms with Crippen LogP contribution in [0.4, 0.5) is 0 Å². The molecule has 0 saturated carbocycles. The van der Waals surface area contributed by atoms with Crippen LogP contribution in [0, 0.1) is 0 Å². The Morgan fingerprint density at radius 2 is 1.89 bits per heavy atom. The summed E-state index contributed by atoms with van der Waals surface area (Å²) < 4.78 is 0.820. The summed E-state index contributed by atoms with van der Waals surface area (Å²) in [5.74, 6) is 0. The van der Waals surface area contributed by atoms with E-state index in [1.54, 1.807) is 0 Å². The molecule has 0 aromatic heterocycles. The van der Waals surface area contributed by atoms with Gasteiger partial charge in [0.25, 0.3) is 0 Å². The van der Waals surface area contributed by atoms with Gasteiger partial charge in [0, 0.05) is 0 Å². The first-order valence-corrected chi connectivity index (χ1v) is 15.6. The predicted octanol–water partition coefficient (Wildman–Crippen LogP) is 2.25. The fourth-order valence-corrected chi connectivity index (χ4v) is 4.80. The van der Waals surface area contributed by atoms with Gasteiger partial charge in [-0.1, -0.05) is 0 Å². The molecule has 0 unspecified atom stereocenters. The van der Waals surface area contributed by atoms with Crippen LogP contribution in [-0.4, -0.2) is 28.6 Å². The van der Waals surface area contributed by atoms with Gasteiger partial charge in [0.05, 0.1) is 0 Å². The van der Waals surface area contributed by atoms with Crippen LogP contribution in [0.15, 0.2) is 0 Å². The fraction of sp³-hybridized carbons (Fsp3) is 1.00. The van der Waals surface area contributed by atoms with Gasteiger partial charge >= 0.3 is 71.5 Å². The Kier molecular flexibility index (Phi) is 6.26. The summed E-state index contributed by atoms with van der Waals surface area (Å²) in [6, 6.07) is 0. The molecule has 0 fully saturated rings. The zero-order valence-electron chi connectivity index (χ0n) is 5.26. The van der Waals surface area contributed by atoms with Gasteiger partial charge in [-0.3, -0.25) is 0 Å². The summed E-state index contributed by atoms with van der Waals surface area (Å²) in [6.45, 7) is 0.949. The molecule has 0 aromatic carbocycles. The topological polar surface area (TPSA) is 12.0 Å². The van der Waals surface area contributed by atoms with Gasteiger partial charge in [0.15, 0.2) is 0 Å². The molecule has 0 spiro atoms. The minimum atomic E-state index is -2.96. The Bertz CT molecular complexity index is 72.7. The zero-order valence-corrected chi connectivity index (χ0v) is 10.4. The van der Waals surface area contributed by atoms with Crippen molar-refractivity contribution >= 4 is 41.8 Å². The molecule has 1 nitrogen and oxygen atoms in total. The number of rotatable bonds is 4. The predicted molar refractivity (Wildman–Crippen MR) is 46.7 cm³/mol. The van der Waals surface area contributed by atoms with Crippen LogP contribution in [0.1, 0.15) is 6.42 Å².